The average molecular weight is 511 g/mol. The Morgan fingerprint density at radius 3 is 2.34 bits per heavy atom. The molecule has 35 heavy (non-hydrogen) atoms. The molecule has 0 bridgehead atoms. The predicted octanol–water partition coefficient (Wildman–Crippen LogP) is 4.15. The number of pyridine rings is 2. The molecule has 190 valence electrons. The van der Waals surface area contributed by atoms with Crippen LogP contribution in [0.5, 0.6) is 0 Å². The summed E-state index contributed by atoms with van der Waals surface area (Å²) < 4.78 is 38.0. The normalized spacial score (nSPS) is 18.1. The van der Waals surface area contributed by atoms with Crippen molar-refractivity contribution in [3.05, 3.63) is 47.2 Å². The molecule has 0 saturated carbocycles. The minimum atomic E-state index is -4.39. The monoisotopic (exact) mass is 510 g/mol. The minimum Gasteiger partial charge on any atom is -0.367 e. The summed E-state index contributed by atoms with van der Waals surface area (Å²) in [4.78, 5) is 27.4. The van der Waals surface area contributed by atoms with E-state index in [1.54, 1.807) is 6.20 Å². The number of carbonyl (C=O) groups is 1. The highest BCUT2D eigenvalue weighted by atomic mass is 35.5. The standard InChI is InChI=1S/C24H30ClF3N6O/c25-19-4-6-22(30-17-19)33-14-12-32(13-15-33)9-1-2-23(35)34-10-7-20(8-11-34)31-21-5-3-18(16-29-21)24(26,27)28/h3-6,16-17,20H,1-2,7-15H2,(H,29,31). The van der Waals surface area contributed by atoms with E-state index < -0.39 is 11.7 Å². The Morgan fingerprint density at radius 1 is 1.00 bits per heavy atom. The number of halogens is 4. The lowest BCUT2D eigenvalue weighted by Gasteiger charge is -2.35. The quantitative estimate of drug-likeness (QED) is 0.603. The van der Waals surface area contributed by atoms with Crippen molar-refractivity contribution in [2.24, 2.45) is 0 Å². The number of hydrogen-bond donors (Lipinski definition) is 1. The Hall–Kier alpha value is -2.59. The van der Waals surface area contributed by atoms with Crippen LogP contribution in [0.25, 0.3) is 0 Å². The maximum Gasteiger partial charge on any atom is 0.417 e. The maximum absolute atomic E-state index is 12.7. The zero-order valence-corrected chi connectivity index (χ0v) is 20.2. The second-order valence-electron chi connectivity index (χ2n) is 9.00. The summed E-state index contributed by atoms with van der Waals surface area (Å²) in [6, 6.07) is 6.27. The molecule has 0 unspecified atom stereocenters. The van der Waals surface area contributed by atoms with E-state index >= 15 is 0 Å². The molecule has 2 fully saturated rings. The van der Waals surface area contributed by atoms with Crippen molar-refractivity contribution < 1.29 is 18.0 Å². The van der Waals surface area contributed by atoms with Gasteiger partial charge in [-0.1, -0.05) is 11.6 Å². The van der Waals surface area contributed by atoms with Crippen LogP contribution in [0.15, 0.2) is 36.7 Å². The van der Waals surface area contributed by atoms with Gasteiger partial charge in [-0.2, -0.15) is 13.2 Å². The molecule has 7 nitrogen and oxygen atoms in total. The Bertz CT molecular complexity index is 957. The Balaban J connectivity index is 1.11. The van der Waals surface area contributed by atoms with Crippen molar-refractivity contribution in [3.8, 4) is 0 Å². The third-order valence-electron chi connectivity index (χ3n) is 6.56. The van der Waals surface area contributed by atoms with Gasteiger partial charge in [0.2, 0.25) is 5.91 Å². The molecular formula is C24H30ClF3N6O. The summed E-state index contributed by atoms with van der Waals surface area (Å²) in [6.45, 7) is 5.86. The molecule has 2 aromatic rings. The van der Waals surface area contributed by atoms with Gasteiger partial charge >= 0.3 is 6.18 Å². The van der Waals surface area contributed by atoms with Crippen molar-refractivity contribution in [2.75, 3.05) is 56.0 Å². The summed E-state index contributed by atoms with van der Waals surface area (Å²) >= 11 is 5.91. The first-order valence-electron chi connectivity index (χ1n) is 11.9. The van der Waals surface area contributed by atoms with Crippen LogP contribution in [0.1, 0.15) is 31.2 Å². The van der Waals surface area contributed by atoms with Gasteiger partial charge in [-0.05, 0) is 50.1 Å². The zero-order valence-electron chi connectivity index (χ0n) is 19.5. The molecule has 1 N–H and O–H groups in total. The van der Waals surface area contributed by atoms with Gasteiger partial charge in [0.25, 0.3) is 0 Å². The first kappa shape index (κ1) is 25.5. The minimum absolute atomic E-state index is 0.0923. The molecule has 0 radical (unpaired) electrons. The molecule has 0 aromatic carbocycles. The molecule has 1 amide bonds. The van der Waals surface area contributed by atoms with E-state index in [4.69, 9.17) is 11.6 Å². The molecule has 0 spiro atoms. The van der Waals surface area contributed by atoms with Crippen molar-refractivity contribution in [2.45, 2.75) is 37.9 Å². The number of aromatic nitrogens is 2. The summed E-state index contributed by atoms with van der Waals surface area (Å²) in [5.74, 6) is 1.53. The number of anilines is 2. The highest BCUT2D eigenvalue weighted by molar-refractivity contribution is 6.30. The topological polar surface area (TPSA) is 64.6 Å². The molecule has 11 heteroatoms. The van der Waals surface area contributed by atoms with Gasteiger partial charge in [0.05, 0.1) is 10.6 Å². The maximum atomic E-state index is 12.7. The van der Waals surface area contributed by atoms with Gasteiger partial charge in [0, 0.05) is 64.1 Å². The van der Waals surface area contributed by atoms with Crippen molar-refractivity contribution in [1.29, 1.82) is 0 Å². The molecule has 2 saturated heterocycles. The van der Waals surface area contributed by atoms with E-state index in [1.165, 1.54) is 6.07 Å². The van der Waals surface area contributed by atoms with Gasteiger partial charge in [-0.15, -0.1) is 0 Å². The van der Waals surface area contributed by atoms with Crippen LogP contribution >= 0.6 is 11.6 Å². The lowest BCUT2D eigenvalue weighted by atomic mass is 10.0. The number of carbonyl (C=O) groups excluding carboxylic acids is 1. The van der Waals surface area contributed by atoms with Gasteiger partial charge < -0.3 is 15.1 Å². The first-order valence-corrected chi connectivity index (χ1v) is 12.3. The molecule has 2 aliphatic rings. The zero-order chi connectivity index (χ0) is 24.8. The van der Waals surface area contributed by atoms with E-state index in [-0.39, 0.29) is 11.9 Å². The van der Waals surface area contributed by atoms with Crippen LogP contribution in [0.4, 0.5) is 24.8 Å². The van der Waals surface area contributed by atoms with Gasteiger partial charge in [-0.3, -0.25) is 9.69 Å². The number of amides is 1. The van der Waals surface area contributed by atoms with E-state index in [9.17, 15) is 18.0 Å². The number of piperazine rings is 1. The number of alkyl halides is 3. The van der Waals surface area contributed by atoms with Crippen LogP contribution in [0.3, 0.4) is 0 Å². The second kappa shape index (κ2) is 11.4. The fourth-order valence-corrected chi connectivity index (χ4v) is 4.61. The Kier molecular flexibility index (Phi) is 8.33. The smallest absolute Gasteiger partial charge is 0.367 e. The van der Waals surface area contributed by atoms with Crippen molar-refractivity contribution >= 4 is 29.1 Å². The van der Waals surface area contributed by atoms with Crippen LogP contribution in [-0.2, 0) is 11.0 Å². The number of piperidine rings is 1. The van der Waals surface area contributed by atoms with Crippen LogP contribution in [-0.4, -0.2) is 77.5 Å². The van der Waals surface area contributed by atoms with Crippen LogP contribution in [0, 0.1) is 0 Å². The van der Waals surface area contributed by atoms with Gasteiger partial charge in [0.15, 0.2) is 0 Å². The molecular weight excluding hydrogens is 481 g/mol. The number of hydrogen-bond acceptors (Lipinski definition) is 6. The third-order valence-corrected chi connectivity index (χ3v) is 6.79. The van der Waals surface area contributed by atoms with E-state index in [0.717, 1.165) is 70.1 Å². The van der Waals surface area contributed by atoms with Crippen molar-refractivity contribution in [3.63, 3.8) is 0 Å². The van der Waals surface area contributed by atoms with Crippen molar-refractivity contribution in [1.82, 2.24) is 19.8 Å². The summed E-state index contributed by atoms with van der Waals surface area (Å²) in [5.41, 5.74) is -0.760. The molecule has 4 heterocycles. The third kappa shape index (κ3) is 7.20. The fraction of sp³-hybridized carbons (Fsp3) is 0.542. The first-order chi connectivity index (χ1) is 16.8. The van der Waals surface area contributed by atoms with Crippen LogP contribution < -0.4 is 10.2 Å². The lowest BCUT2D eigenvalue weighted by Crippen LogP contribution is -2.47. The second-order valence-corrected chi connectivity index (χ2v) is 9.43. The Morgan fingerprint density at radius 2 is 1.74 bits per heavy atom. The Labute approximate surface area is 208 Å². The molecule has 0 atom stereocenters. The van der Waals surface area contributed by atoms with E-state index in [2.05, 4.69) is 25.1 Å². The number of likely N-dealkylation sites (tertiary alicyclic amines) is 1. The highest BCUT2D eigenvalue weighted by Crippen LogP contribution is 2.29. The molecule has 0 aliphatic carbocycles. The predicted molar refractivity (Wildman–Crippen MR) is 130 cm³/mol. The summed E-state index contributed by atoms with van der Waals surface area (Å²) in [6.07, 6.45) is 0.961. The lowest BCUT2D eigenvalue weighted by molar-refractivity contribution is -0.137. The average Bonchev–Trinajstić information content (AvgIpc) is 2.85. The fourth-order valence-electron chi connectivity index (χ4n) is 4.50. The molecule has 2 aliphatic heterocycles. The SMILES string of the molecule is O=C(CCCN1CCN(c2ccc(Cl)cn2)CC1)N1CCC(Nc2ccc(C(F)(F)F)cn2)CC1. The largest absolute Gasteiger partial charge is 0.417 e. The van der Waals surface area contributed by atoms with E-state index in [1.807, 2.05) is 17.0 Å². The van der Waals surface area contributed by atoms with E-state index in [0.29, 0.717) is 30.4 Å². The van der Waals surface area contributed by atoms with Gasteiger partial charge in [0.1, 0.15) is 11.6 Å². The highest BCUT2D eigenvalue weighted by Gasteiger charge is 2.31. The number of nitrogens with zero attached hydrogens (tertiary/aromatic N) is 5. The number of nitrogens with one attached hydrogen (secondary N) is 1. The summed E-state index contributed by atoms with van der Waals surface area (Å²) in [7, 11) is 0. The molecule has 2 aromatic heterocycles. The number of rotatable bonds is 7. The van der Waals surface area contributed by atoms with Gasteiger partial charge in [-0.25, -0.2) is 9.97 Å². The molecule has 4 rings (SSSR count). The van der Waals surface area contributed by atoms with Crippen LogP contribution in [0.2, 0.25) is 5.02 Å². The summed E-state index contributed by atoms with van der Waals surface area (Å²) in [5, 5.41) is 3.82.